The molecule has 3 nitrogen and oxygen atoms in total. The summed E-state index contributed by atoms with van der Waals surface area (Å²) in [6.45, 7) is 7.63. The van der Waals surface area contributed by atoms with Crippen LogP contribution >= 0.6 is 11.8 Å². The summed E-state index contributed by atoms with van der Waals surface area (Å²) >= 11 is 2.05. The predicted molar refractivity (Wildman–Crippen MR) is 75.8 cm³/mol. The lowest BCUT2D eigenvalue weighted by Gasteiger charge is -2.38. The Morgan fingerprint density at radius 3 is 3.00 bits per heavy atom. The standard InChI is InChI=1S/C13H21N3S/c1-13(2)10-16(7-8-17-13)12-6-4-5-11(15-12)9-14-3/h4-6,14H,7-10H2,1-3H3. The molecule has 1 fully saturated rings. The minimum Gasteiger partial charge on any atom is -0.354 e. The third kappa shape index (κ3) is 3.36. The number of nitrogens with one attached hydrogen (secondary N) is 1. The van der Waals surface area contributed by atoms with Gasteiger partial charge in [-0.1, -0.05) is 6.07 Å². The van der Waals surface area contributed by atoms with E-state index in [0.29, 0.717) is 4.75 Å². The molecular weight excluding hydrogens is 230 g/mol. The Kier molecular flexibility index (Phi) is 3.94. The second-order valence-corrected chi connectivity index (χ2v) is 6.85. The van der Waals surface area contributed by atoms with Crippen molar-refractivity contribution in [1.82, 2.24) is 10.3 Å². The zero-order valence-corrected chi connectivity index (χ0v) is 11.7. The average Bonchev–Trinajstić information content (AvgIpc) is 2.28. The van der Waals surface area contributed by atoms with Gasteiger partial charge in [-0.15, -0.1) is 0 Å². The van der Waals surface area contributed by atoms with E-state index in [1.807, 2.05) is 7.05 Å². The van der Waals surface area contributed by atoms with E-state index in [1.54, 1.807) is 0 Å². The van der Waals surface area contributed by atoms with E-state index in [2.05, 4.69) is 54.0 Å². The molecule has 0 spiro atoms. The molecule has 1 saturated heterocycles. The normalized spacial score (nSPS) is 19.4. The molecule has 94 valence electrons. The fourth-order valence-corrected chi connectivity index (χ4v) is 3.25. The third-order valence-electron chi connectivity index (χ3n) is 2.90. The summed E-state index contributed by atoms with van der Waals surface area (Å²) in [7, 11) is 1.95. The highest BCUT2D eigenvalue weighted by Crippen LogP contribution is 2.31. The van der Waals surface area contributed by atoms with Crippen LogP contribution in [0.5, 0.6) is 0 Å². The molecule has 1 aromatic heterocycles. The summed E-state index contributed by atoms with van der Waals surface area (Å²) in [5, 5.41) is 3.15. The molecule has 0 aliphatic carbocycles. The molecule has 0 amide bonds. The number of thioether (sulfide) groups is 1. The first-order valence-electron chi connectivity index (χ1n) is 6.10. The van der Waals surface area contributed by atoms with Gasteiger partial charge in [-0.3, -0.25) is 0 Å². The molecule has 1 N–H and O–H groups in total. The van der Waals surface area contributed by atoms with Crippen LogP contribution in [0.15, 0.2) is 18.2 Å². The van der Waals surface area contributed by atoms with Crippen molar-refractivity contribution in [2.45, 2.75) is 25.1 Å². The maximum absolute atomic E-state index is 4.71. The molecule has 1 aliphatic rings. The smallest absolute Gasteiger partial charge is 0.128 e. The van der Waals surface area contributed by atoms with Gasteiger partial charge in [0.25, 0.3) is 0 Å². The number of hydrogen-bond donors (Lipinski definition) is 1. The van der Waals surface area contributed by atoms with E-state index in [4.69, 9.17) is 4.98 Å². The van der Waals surface area contributed by atoms with Crippen LogP contribution in [0, 0.1) is 0 Å². The lowest BCUT2D eigenvalue weighted by Crippen LogP contribution is -2.43. The average molecular weight is 251 g/mol. The van der Waals surface area contributed by atoms with Gasteiger partial charge in [0.15, 0.2) is 0 Å². The van der Waals surface area contributed by atoms with Crippen molar-refractivity contribution in [3.63, 3.8) is 0 Å². The molecule has 0 aromatic carbocycles. The van der Waals surface area contributed by atoms with E-state index in [-0.39, 0.29) is 0 Å². The van der Waals surface area contributed by atoms with Crippen LogP contribution in [0.2, 0.25) is 0 Å². The molecule has 1 aromatic rings. The minimum absolute atomic E-state index is 0.332. The van der Waals surface area contributed by atoms with Crippen molar-refractivity contribution >= 4 is 17.6 Å². The van der Waals surface area contributed by atoms with Gasteiger partial charge < -0.3 is 10.2 Å². The van der Waals surface area contributed by atoms with Crippen molar-refractivity contribution < 1.29 is 0 Å². The first-order chi connectivity index (χ1) is 8.11. The van der Waals surface area contributed by atoms with Crippen LogP contribution < -0.4 is 10.2 Å². The highest BCUT2D eigenvalue weighted by Gasteiger charge is 2.27. The van der Waals surface area contributed by atoms with Crippen LogP contribution in [-0.4, -0.2) is 35.6 Å². The van der Waals surface area contributed by atoms with Crippen LogP contribution in [-0.2, 0) is 6.54 Å². The molecule has 0 radical (unpaired) electrons. The lowest BCUT2D eigenvalue weighted by molar-refractivity contribution is 0.640. The molecule has 0 unspecified atom stereocenters. The summed E-state index contributed by atoms with van der Waals surface area (Å²) in [4.78, 5) is 7.10. The monoisotopic (exact) mass is 251 g/mol. The Hall–Kier alpha value is -0.740. The van der Waals surface area contributed by atoms with Crippen molar-refractivity contribution in [3.8, 4) is 0 Å². The summed E-state index contributed by atoms with van der Waals surface area (Å²) in [5.74, 6) is 2.30. The largest absolute Gasteiger partial charge is 0.354 e. The van der Waals surface area contributed by atoms with Crippen molar-refractivity contribution in [2.24, 2.45) is 0 Å². The Morgan fingerprint density at radius 2 is 2.29 bits per heavy atom. The molecule has 2 rings (SSSR count). The van der Waals surface area contributed by atoms with Gasteiger partial charge in [0.2, 0.25) is 0 Å². The number of nitrogens with zero attached hydrogens (tertiary/aromatic N) is 2. The van der Waals surface area contributed by atoms with Crippen molar-refractivity contribution in [2.75, 3.05) is 30.8 Å². The highest BCUT2D eigenvalue weighted by atomic mass is 32.2. The number of anilines is 1. The molecule has 0 saturated carbocycles. The van der Waals surface area contributed by atoms with Gasteiger partial charge in [0, 0.05) is 30.1 Å². The Bertz CT molecular complexity index is 379. The quantitative estimate of drug-likeness (QED) is 0.891. The number of aromatic nitrogens is 1. The SMILES string of the molecule is CNCc1cccc(N2CCSC(C)(C)C2)n1. The molecular formula is C13H21N3S. The zero-order valence-electron chi connectivity index (χ0n) is 10.9. The molecule has 1 aliphatic heterocycles. The second-order valence-electron chi connectivity index (χ2n) is 5.05. The third-order valence-corrected chi connectivity index (χ3v) is 4.20. The maximum atomic E-state index is 4.71. The van der Waals surface area contributed by atoms with E-state index in [9.17, 15) is 0 Å². The summed E-state index contributed by atoms with van der Waals surface area (Å²) in [6, 6.07) is 6.29. The van der Waals surface area contributed by atoms with E-state index < -0.39 is 0 Å². The summed E-state index contributed by atoms with van der Waals surface area (Å²) in [5.41, 5.74) is 1.11. The second kappa shape index (κ2) is 5.27. The van der Waals surface area contributed by atoms with Gasteiger partial charge >= 0.3 is 0 Å². The van der Waals surface area contributed by atoms with Gasteiger partial charge in [-0.2, -0.15) is 11.8 Å². The topological polar surface area (TPSA) is 28.2 Å². The number of rotatable bonds is 3. The van der Waals surface area contributed by atoms with Crippen LogP contribution in [0.1, 0.15) is 19.5 Å². The Morgan fingerprint density at radius 1 is 1.47 bits per heavy atom. The van der Waals surface area contributed by atoms with Crippen LogP contribution in [0.3, 0.4) is 0 Å². The predicted octanol–water partition coefficient (Wildman–Crippen LogP) is 2.13. The van der Waals surface area contributed by atoms with Gasteiger partial charge in [0.05, 0.1) is 5.69 Å². The maximum Gasteiger partial charge on any atom is 0.128 e. The first-order valence-corrected chi connectivity index (χ1v) is 7.09. The minimum atomic E-state index is 0.332. The Balaban J connectivity index is 2.13. The number of pyridine rings is 1. The first kappa shape index (κ1) is 12.7. The summed E-state index contributed by atoms with van der Waals surface area (Å²) < 4.78 is 0.332. The van der Waals surface area contributed by atoms with E-state index >= 15 is 0 Å². The molecule has 0 atom stereocenters. The molecule has 2 heterocycles. The fraction of sp³-hybridized carbons (Fsp3) is 0.615. The van der Waals surface area contributed by atoms with Crippen molar-refractivity contribution in [3.05, 3.63) is 23.9 Å². The molecule has 4 heteroatoms. The Labute approximate surface area is 108 Å². The summed E-state index contributed by atoms with van der Waals surface area (Å²) in [6.07, 6.45) is 0. The van der Waals surface area contributed by atoms with Gasteiger partial charge in [-0.25, -0.2) is 4.98 Å². The molecule has 17 heavy (non-hydrogen) atoms. The van der Waals surface area contributed by atoms with Gasteiger partial charge in [0.1, 0.15) is 5.82 Å². The van der Waals surface area contributed by atoms with Crippen LogP contribution in [0.25, 0.3) is 0 Å². The fourth-order valence-electron chi connectivity index (χ4n) is 2.13. The van der Waals surface area contributed by atoms with Crippen LogP contribution in [0.4, 0.5) is 5.82 Å². The zero-order chi connectivity index (χ0) is 12.3. The van der Waals surface area contributed by atoms with E-state index in [1.165, 1.54) is 5.75 Å². The lowest BCUT2D eigenvalue weighted by atomic mass is 10.2. The highest BCUT2D eigenvalue weighted by molar-refractivity contribution is 8.00. The van der Waals surface area contributed by atoms with E-state index in [0.717, 1.165) is 31.1 Å². The van der Waals surface area contributed by atoms with Crippen molar-refractivity contribution in [1.29, 1.82) is 0 Å². The molecule has 0 bridgehead atoms. The van der Waals surface area contributed by atoms with Gasteiger partial charge in [-0.05, 0) is 33.0 Å². The number of hydrogen-bond acceptors (Lipinski definition) is 4.